The monoisotopic (exact) mass is 297 g/mol. The van der Waals surface area contributed by atoms with Gasteiger partial charge in [-0.25, -0.2) is 0 Å². The van der Waals surface area contributed by atoms with Gasteiger partial charge in [0, 0.05) is 21.5 Å². The number of hydrogen-bond donors (Lipinski definition) is 0. The lowest BCUT2D eigenvalue weighted by Crippen LogP contribution is -1.90. The summed E-state index contributed by atoms with van der Waals surface area (Å²) in [5.74, 6) is 0.608. The minimum atomic E-state index is 0.608. The molecule has 1 nitrogen and oxygen atoms in total. The van der Waals surface area contributed by atoms with Gasteiger partial charge in [-0.15, -0.1) is 0 Å². The molecule has 0 saturated carbocycles. The van der Waals surface area contributed by atoms with Gasteiger partial charge < -0.3 is 4.40 Å². The highest BCUT2D eigenvalue weighted by Gasteiger charge is 2.17. The summed E-state index contributed by atoms with van der Waals surface area (Å²) in [4.78, 5) is 0. The fourth-order valence-electron chi connectivity index (χ4n) is 3.99. The Morgan fingerprint density at radius 1 is 0.783 bits per heavy atom. The molecular formula is C22H19N. The van der Waals surface area contributed by atoms with E-state index in [0.29, 0.717) is 5.92 Å². The summed E-state index contributed by atoms with van der Waals surface area (Å²) in [7, 11) is 0. The Kier molecular flexibility index (Phi) is 2.52. The molecular weight excluding hydrogens is 278 g/mol. The van der Waals surface area contributed by atoms with Crippen molar-refractivity contribution in [1.29, 1.82) is 0 Å². The molecule has 0 fully saturated rings. The van der Waals surface area contributed by atoms with Crippen molar-refractivity contribution in [2.24, 2.45) is 0 Å². The van der Waals surface area contributed by atoms with Gasteiger partial charge in [0.1, 0.15) is 0 Å². The van der Waals surface area contributed by atoms with Crippen LogP contribution in [-0.4, -0.2) is 4.40 Å². The molecule has 5 rings (SSSR count). The lowest BCUT2D eigenvalue weighted by molar-refractivity contribution is 0.735. The largest absolute Gasteiger partial charge is 0.308 e. The zero-order chi connectivity index (χ0) is 15.6. The van der Waals surface area contributed by atoms with Crippen molar-refractivity contribution in [2.75, 3.05) is 0 Å². The van der Waals surface area contributed by atoms with E-state index in [4.69, 9.17) is 0 Å². The number of para-hydroxylation sites is 2. The highest BCUT2D eigenvalue weighted by Crippen LogP contribution is 2.39. The molecule has 0 aliphatic heterocycles. The first-order valence-electron chi connectivity index (χ1n) is 8.46. The molecule has 3 aromatic carbocycles. The second-order valence-electron chi connectivity index (χ2n) is 6.64. The summed E-state index contributed by atoms with van der Waals surface area (Å²) >= 11 is 0. The van der Waals surface area contributed by atoms with Gasteiger partial charge in [-0.05, 0) is 36.1 Å². The van der Waals surface area contributed by atoms with Crippen LogP contribution in [0.25, 0.3) is 38.1 Å². The normalized spacial score (nSPS) is 13.7. The van der Waals surface area contributed by atoms with Crippen LogP contribution in [-0.2, 0) is 0 Å². The molecule has 0 amide bonds. The van der Waals surface area contributed by atoms with E-state index < -0.39 is 0 Å². The zero-order valence-corrected chi connectivity index (χ0v) is 13.5. The highest BCUT2D eigenvalue weighted by atomic mass is 14.9. The third-order valence-electron chi connectivity index (χ3n) is 5.43. The minimum Gasteiger partial charge on any atom is -0.308 e. The molecule has 0 saturated heterocycles. The fourth-order valence-corrected chi connectivity index (χ4v) is 3.99. The van der Waals surface area contributed by atoms with Crippen molar-refractivity contribution < 1.29 is 0 Å². The molecule has 0 aliphatic carbocycles. The SMILES string of the molecule is CCC(C)c1ccc2c(c1)c1cccc3c4ccccc4n2c31. The number of benzene rings is 3. The van der Waals surface area contributed by atoms with E-state index in [1.165, 1.54) is 50.1 Å². The summed E-state index contributed by atoms with van der Waals surface area (Å²) < 4.78 is 2.44. The van der Waals surface area contributed by atoms with Gasteiger partial charge in [-0.2, -0.15) is 0 Å². The van der Waals surface area contributed by atoms with E-state index in [2.05, 4.69) is 78.9 Å². The number of aromatic nitrogens is 1. The van der Waals surface area contributed by atoms with Crippen LogP contribution < -0.4 is 0 Å². The van der Waals surface area contributed by atoms with Crippen LogP contribution in [0.2, 0.25) is 0 Å². The standard InChI is InChI=1S/C22H19N/c1-3-14(2)15-11-12-21-19(13-15)18-9-6-8-17-16-7-4-5-10-20(16)23(21)22(17)18/h4-14H,3H2,1-2H3. The van der Waals surface area contributed by atoms with E-state index in [0.717, 1.165) is 0 Å². The van der Waals surface area contributed by atoms with Gasteiger partial charge in [0.05, 0.1) is 16.6 Å². The summed E-state index contributed by atoms with van der Waals surface area (Å²) in [5, 5.41) is 5.47. The number of fused-ring (bicyclic) bond motifs is 6. The number of rotatable bonds is 2. The minimum absolute atomic E-state index is 0.608. The molecule has 2 heterocycles. The molecule has 0 radical (unpaired) electrons. The summed E-state index contributed by atoms with van der Waals surface area (Å²) in [6.45, 7) is 4.57. The molecule has 1 heteroatoms. The molecule has 1 atom stereocenters. The molecule has 0 bridgehead atoms. The first-order valence-corrected chi connectivity index (χ1v) is 8.46. The summed E-state index contributed by atoms with van der Waals surface area (Å²) in [6, 6.07) is 22.5. The van der Waals surface area contributed by atoms with Crippen molar-refractivity contribution in [3.8, 4) is 0 Å². The third kappa shape index (κ3) is 1.57. The first-order chi connectivity index (χ1) is 11.3. The van der Waals surface area contributed by atoms with Gasteiger partial charge in [-0.3, -0.25) is 0 Å². The predicted molar refractivity (Wildman–Crippen MR) is 99.8 cm³/mol. The van der Waals surface area contributed by atoms with Gasteiger partial charge in [0.25, 0.3) is 0 Å². The Bertz CT molecular complexity index is 1160. The van der Waals surface area contributed by atoms with Crippen LogP contribution in [0.1, 0.15) is 31.7 Å². The Hall–Kier alpha value is -2.54. The molecule has 5 aromatic rings. The summed E-state index contributed by atoms with van der Waals surface area (Å²) in [6.07, 6.45) is 1.18. The first kappa shape index (κ1) is 13.0. The van der Waals surface area contributed by atoms with E-state index in [-0.39, 0.29) is 0 Å². The van der Waals surface area contributed by atoms with Gasteiger partial charge >= 0.3 is 0 Å². The average Bonchev–Trinajstić information content (AvgIpc) is 3.12. The smallest absolute Gasteiger partial charge is 0.0620 e. The lowest BCUT2D eigenvalue weighted by atomic mass is 9.96. The molecule has 1 unspecified atom stereocenters. The zero-order valence-electron chi connectivity index (χ0n) is 13.5. The van der Waals surface area contributed by atoms with Gasteiger partial charge in [-0.1, -0.05) is 56.3 Å². The maximum absolute atomic E-state index is 2.44. The number of nitrogens with zero attached hydrogens (tertiary/aromatic N) is 1. The maximum atomic E-state index is 2.44. The van der Waals surface area contributed by atoms with Crippen LogP contribution in [0.4, 0.5) is 0 Å². The Morgan fingerprint density at radius 2 is 1.48 bits per heavy atom. The van der Waals surface area contributed by atoms with Crippen LogP contribution in [0.5, 0.6) is 0 Å². The quantitative estimate of drug-likeness (QED) is 0.357. The van der Waals surface area contributed by atoms with Crippen LogP contribution >= 0.6 is 0 Å². The second kappa shape index (κ2) is 4.48. The van der Waals surface area contributed by atoms with Crippen molar-refractivity contribution >= 4 is 38.1 Å². The van der Waals surface area contributed by atoms with Crippen molar-refractivity contribution in [1.82, 2.24) is 4.40 Å². The topological polar surface area (TPSA) is 4.41 Å². The highest BCUT2D eigenvalue weighted by molar-refractivity contribution is 6.23. The van der Waals surface area contributed by atoms with Crippen LogP contribution in [0.3, 0.4) is 0 Å². The van der Waals surface area contributed by atoms with Crippen molar-refractivity contribution in [3.63, 3.8) is 0 Å². The maximum Gasteiger partial charge on any atom is 0.0620 e. The molecule has 0 aliphatic rings. The average molecular weight is 297 g/mol. The summed E-state index contributed by atoms with van der Waals surface area (Å²) in [5.41, 5.74) is 5.44. The Labute approximate surface area is 135 Å². The van der Waals surface area contributed by atoms with Crippen molar-refractivity contribution in [2.45, 2.75) is 26.2 Å². The Balaban J connectivity index is 2.03. The van der Waals surface area contributed by atoms with E-state index in [9.17, 15) is 0 Å². The van der Waals surface area contributed by atoms with E-state index in [1.807, 2.05) is 0 Å². The van der Waals surface area contributed by atoms with E-state index in [1.54, 1.807) is 0 Å². The molecule has 0 N–H and O–H groups in total. The molecule has 23 heavy (non-hydrogen) atoms. The lowest BCUT2D eigenvalue weighted by Gasteiger charge is -2.09. The van der Waals surface area contributed by atoms with Gasteiger partial charge in [0.2, 0.25) is 0 Å². The van der Waals surface area contributed by atoms with Gasteiger partial charge in [0.15, 0.2) is 0 Å². The molecule has 0 spiro atoms. The fraction of sp³-hybridized carbons (Fsp3) is 0.182. The number of hydrogen-bond acceptors (Lipinski definition) is 0. The van der Waals surface area contributed by atoms with Crippen molar-refractivity contribution in [3.05, 3.63) is 66.2 Å². The predicted octanol–water partition coefficient (Wildman–Crippen LogP) is 6.35. The Morgan fingerprint density at radius 3 is 2.30 bits per heavy atom. The van der Waals surface area contributed by atoms with Crippen LogP contribution in [0, 0.1) is 0 Å². The van der Waals surface area contributed by atoms with E-state index >= 15 is 0 Å². The molecule has 2 aromatic heterocycles. The second-order valence-corrected chi connectivity index (χ2v) is 6.64. The molecule has 112 valence electrons. The third-order valence-corrected chi connectivity index (χ3v) is 5.43. The van der Waals surface area contributed by atoms with Crippen LogP contribution in [0.15, 0.2) is 60.7 Å².